The molecule has 128 valence electrons. The summed E-state index contributed by atoms with van der Waals surface area (Å²) in [7, 11) is 0. The summed E-state index contributed by atoms with van der Waals surface area (Å²) in [6.07, 6.45) is 1.91. The molecule has 8 heteroatoms. The zero-order chi connectivity index (χ0) is 17.8. The average molecular weight is 412 g/mol. The van der Waals surface area contributed by atoms with E-state index in [1.807, 2.05) is 40.4 Å². The van der Waals surface area contributed by atoms with Crippen molar-refractivity contribution in [2.75, 3.05) is 5.32 Å². The SMILES string of the molecule is Fc1cc(NC(=S)N=c2sccn2Cc2ccccc2Cl)ccc1Cl. The van der Waals surface area contributed by atoms with E-state index in [9.17, 15) is 4.39 Å². The average Bonchev–Trinajstić information content (AvgIpc) is 3.00. The van der Waals surface area contributed by atoms with Gasteiger partial charge in [0, 0.05) is 22.3 Å². The standard InChI is InChI=1S/C17H12Cl2FN3S2/c18-13-4-2-1-3-11(13)10-23-7-8-25-17(23)22-16(24)21-12-5-6-14(19)15(20)9-12/h1-9H,10H2,(H,21,24). The Morgan fingerprint density at radius 1 is 1.20 bits per heavy atom. The lowest BCUT2D eigenvalue weighted by molar-refractivity contribution is 0.629. The third-order valence-electron chi connectivity index (χ3n) is 3.33. The molecule has 1 N–H and O–H groups in total. The lowest BCUT2D eigenvalue weighted by atomic mass is 10.2. The van der Waals surface area contributed by atoms with Crippen LogP contribution in [0.3, 0.4) is 0 Å². The molecule has 0 unspecified atom stereocenters. The topological polar surface area (TPSA) is 29.3 Å². The van der Waals surface area contributed by atoms with Gasteiger partial charge in [-0.2, -0.15) is 4.99 Å². The highest BCUT2D eigenvalue weighted by molar-refractivity contribution is 7.80. The van der Waals surface area contributed by atoms with Gasteiger partial charge in [-0.1, -0.05) is 41.4 Å². The molecule has 0 aliphatic rings. The molecule has 3 nitrogen and oxygen atoms in total. The molecule has 0 aliphatic heterocycles. The van der Waals surface area contributed by atoms with Gasteiger partial charge < -0.3 is 9.88 Å². The van der Waals surface area contributed by atoms with Crippen LogP contribution in [0.5, 0.6) is 0 Å². The van der Waals surface area contributed by atoms with Crippen LogP contribution in [0.25, 0.3) is 0 Å². The lowest BCUT2D eigenvalue weighted by Crippen LogP contribution is -2.19. The molecular weight excluding hydrogens is 400 g/mol. The first kappa shape index (κ1) is 18.1. The van der Waals surface area contributed by atoms with Gasteiger partial charge in [0.25, 0.3) is 0 Å². The van der Waals surface area contributed by atoms with Crippen LogP contribution < -0.4 is 10.1 Å². The summed E-state index contributed by atoms with van der Waals surface area (Å²) in [6, 6.07) is 12.0. The van der Waals surface area contributed by atoms with Crippen LogP contribution in [0.1, 0.15) is 5.56 Å². The number of nitrogens with one attached hydrogen (secondary N) is 1. The predicted octanol–water partition coefficient (Wildman–Crippen LogP) is 5.34. The molecule has 0 radical (unpaired) electrons. The van der Waals surface area contributed by atoms with Crippen LogP contribution in [0.15, 0.2) is 59.0 Å². The second-order valence-corrected chi connectivity index (χ2v) is 7.15. The van der Waals surface area contributed by atoms with E-state index >= 15 is 0 Å². The molecule has 25 heavy (non-hydrogen) atoms. The summed E-state index contributed by atoms with van der Waals surface area (Å²) in [5.74, 6) is -0.514. The molecule has 3 rings (SSSR count). The Kier molecular flexibility index (Phi) is 5.86. The summed E-state index contributed by atoms with van der Waals surface area (Å²) in [6.45, 7) is 0.584. The summed E-state index contributed by atoms with van der Waals surface area (Å²) in [4.78, 5) is 5.11. The lowest BCUT2D eigenvalue weighted by Gasteiger charge is -2.07. The quantitative estimate of drug-likeness (QED) is 0.589. The van der Waals surface area contributed by atoms with Crippen molar-refractivity contribution in [2.24, 2.45) is 4.99 Å². The number of hydrogen-bond acceptors (Lipinski definition) is 2. The number of halogens is 3. The van der Waals surface area contributed by atoms with Gasteiger partial charge >= 0.3 is 0 Å². The van der Waals surface area contributed by atoms with E-state index in [0.717, 1.165) is 5.56 Å². The van der Waals surface area contributed by atoms with E-state index in [1.165, 1.54) is 23.5 Å². The van der Waals surface area contributed by atoms with Crippen molar-refractivity contribution in [2.45, 2.75) is 6.54 Å². The van der Waals surface area contributed by atoms with Crippen LogP contribution in [0.4, 0.5) is 10.1 Å². The van der Waals surface area contributed by atoms with Crippen LogP contribution in [0, 0.1) is 5.82 Å². The fourth-order valence-corrected chi connectivity index (χ4v) is 3.44. The molecule has 2 aromatic carbocycles. The maximum Gasteiger partial charge on any atom is 0.199 e. The molecule has 0 saturated heterocycles. The Labute approximate surface area is 163 Å². The maximum atomic E-state index is 13.5. The minimum absolute atomic E-state index is 0.0595. The first-order chi connectivity index (χ1) is 12.0. The fraction of sp³-hybridized carbons (Fsp3) is 0.0588. The molecule has 0 fully saturated rings. The van der Waals surface area contributed by atoms with Gasteiger partial charge in [-0.05, 0) is 42.0 Å². The molecule has 0 spiro atoms. The molecule has 0 saturated carbocycles. The minimum atomic E-state index is -0.514. The molecular formula is C17H12Cl2FN3S2. The molecule has 0 bridgehead atoms. The first-order valence-corrected chi connectivity index (χ1v) is 9.25. The highest BCUT2D eigenvalue weighted by Crippen LogP contribution is 2.19. The molecule has 1 aromatic heterocycles. The first-order valence-electron chi connectivity index (χ1n) is 7.21. The number of anilines is 1. The van der Waals surface area contributed by atoms with Gasteiger partial charge in [0.05, 0.1) is 11.6 Å². The van der Waals surface area contributed by atoms with E-state index in [-0.39, 0.29) is 10.1 Å². The Morgan fingerprint density at radius 2 is 2.00 bits per heavy atom. The normalized spacial score (nSPS) is 11.6. The van der Waals surface area contributed by atoms with Crippen LogP contribution in [-0.4, -0.2) is 9.68 Å². The van der Waals surface area contributed by atoms with E-state index < -0.39 is 5.82 Å². The molecule has 3 aromatic rings. The fourth-order valence-electron chi connectivity index (χ4n) is 2.13. The van der Waals surface area contributed by atoms with Crippen molar-refractivity contribution in [1.29, 1.82) is 0 Å². The number of rotatable bonds is 3. The summed E-state index contributed by atoms with van der Waals surface area (Å²) >= 11 is 18.6. The van der Waals surface area contributed by atoms with Crippen molar-refractivity contribution >= 4 is 57.6 Å². The van der Waals surface area contributed by atoms with E-state index in [2.05, 4.69) is 10.3 Å². The number of hydrogen-bond donors (Lipinski definition) is 1. The summed E-state index contributed by atoms with van der Waals surface area (Å²) < 4.78 is 15.4. The Morgan fingerprint density at radius 3 is 2.76 bits per heavy atom. The monoisotopic (exact) mass is 411 g/mol. The van der Waals surface area contributed by atoms with Crippen molar-refractivity contribution in [3.63, 3.8) is 0 Å². The van der Waals surface area contributed by atoms with Crippen LogP contribution in [-0.2, 0) is 6.54 Å². The van der Waals surface area contributed by atoms with Crippen LogP contribution in [0.2, 0.25) is 10.0 Å². The van der Waals surface area contributed by atoms with Crippen molar-refractivity contribution in [1.82, 2.24) is 4.57 Å². The smallest absolute Gasteiger partial charge is 0.199 e. The van der Waals surface area contributed by atoms with Gasteiger partial charge in [-0.15, -0.1) is 11.3 Å². The van der Waals surface area contributed by atoms with E-state index in [0.29, 0.717) is 22.1 Å². The second kappa shape index (κ2) is 8.10. The molecule has 0 amide bonds. The highest BCUT2D eigenvalue weighted by Gasteiger charge is 2.05. The molecule has 0 atom stereocenters. The van der Waals surface area contributed by atoms with E-state index in [4.69, 9.17) is 35.4 Å². The van der Waals surface area contributed by atoms with Crippen molar-refractivity contribution in [3.05, 3.63) is 80.3 Å². The van der Waals surface area contributed by atoms with Crippen molar-refractivity contribution in [3.8, 4) is 0 Å². The Bertz CT molecular complexity index is 982. The Hall–Kier alpha value is -1.73. The van der Waals surface area contributed by atoms with E-state index in [1.54, 1.807) is 6.07 Å². The maximum absolute atomic E-state index is 13.5. The van der Waals surface area contributed by atoms with Gasteiger partial charge in [-0.3, -0.25) is 0 Å². The number of nitrogens with zero attached hydrogens (tertiary/aromatic N) is 2. The van der Waals surface area contributed by atoms with Crippen LogP contribution >= 0.6 is 46.8 Å². The number of aromatic nitrogens is 1. The summed E-state index contributed by atoms with van der Waals surface area (Å²) in [5.41, 5.74) is 1.48. The molecule has 0 aliphatic carbocycles. The third kappa shape index (κ3) is 4.67. The van der Waals surface area contributed by atoms with Gasteiger partial charge in [-0.25, -0.2) is 4.39 Å². The van der Waals surface area contributed by atoms with Gasteiger partial charge in [0.2, 0.25) is 0 Å². The second-order valence-electron chi connectivity index (χ2n) is 5.08. The third-order valence-corrected chi connectivity index (χ3v) is 4.99. The predicted molar refractivity (Wildman–Crippen MR) is 106 cm³/mol. The minimum Gasteiger partial charge on any atom is -0.331 e. The zero-order valence-corrected chi connectivity index (χ0v) is 15.9. The van der Waals surface area contributed by atoms with Gasteiger partial charge in [0.15, 0.2) is 9.91 Å². The zero-order valence-electron chi connectivity index (χ0n) is 12.7. The number of thiazole rings is 1. The Balaban J connectivity index is 1.80. The highest BCUT2D eigenvalue weighted by atomic mass is 35.5. The number of thiocarbonyl (C=S) groups is 1. The van der Waals surface area contributed by atoms with Crippen molar-refractivity contribution < 1.29 is 4.39 Å². The summed E-state index contributed by atoms with van der Waals surface area (Å²) in [5, 5.41) is 5.79. The molecule has 1 heterocycles. The number of benzene rings is 2. The largest absolute Gasteiger partial charge is 0.331 e. The van der Waals surface area contributed by atoms with Gasteiger partial charge in [0.1, 0.15) is 5.82 Å².